The van der Waals surface area contributed by atoms with E-state index in [9.17, 15) is 0 Å². The molecular formula is C15H19N3O. The summed E-state index contributed by atoms with van der Waals surface area (Å²) in [6.45, 7) is 2.31. The Morgan fingerprint density at radius 1 is 1.42 bits per heavy atom. The van der Waals surface area contributed by atoms with Gasteiger partial charge in [-0.05, 0) is 38.6 Å². The molecule has 19 heavy (non-hydrogen) atoms. The maximum atomic E-state index is 5.33. The van der Waals surface area contributed by atoms with Crippen LogP contribution in [-0.4, -0.2) is 36.1 Å². The summed E-state index contributed by atoms with van der Waals surface area (Å²) in [7, 11) is 2.18. The minimum Gasteiger partial charge on any atom is -0.444 e. The van der Waals surface area contributed by atoms with Crippen LogP contribution in [0.2, 0.25) is 0 Å². The SMILES string of the molecule is CN1CCCC(Nc2cccc(-c3cnco3)c2)C1. The first-order valence-corrected chi connectivity index (χ1v) is 6.75. The Balaban J connectivity index is 1.73. The van der Waals surface area contributed by atoms with E-state index in [1.165, 1.54) is 25.8 Å². The smallest absolute Gasteiger partial charge is 0.181 e. The van der Waals surface area contributed by atoms with Gasteiger partial charge in [-0.25, -0.2) is 4.98 Å². The molecule has 0 bridgehead atoms. The maximum Gasteiger partial charge on any atom is 0.181 e. The summed E-state index contributed by atoms with van der Waals surface area (Å²) in [5.41, 5.74) is 2.21. The molecule has 0 radical (unpaired) electrons. The predicted molar refractivity (Wildman–Crippen MR) is 76.1 cm³/mol. The summed E-state index contributed by atoms with van der Waals surface area (Å²) in [4.78, 5) is 6.34. The molecule has 2 aromatic rings. The van der Waals surface area contributed by atoms with Crippen molar-refractivity contribution in [1.82, 2.24) is 9.88 Å². The highest BCUT2D eigenvalue weighted by molar-refractivity contribution is 5.63. The highest BCUT2D eigenvalue weighted by Crippen LogP contribution is 2.23. The zero-order valence-electron chi connectivity index (χ0n) is 11.2. The van der Waals surface area contributed by atoms with E-state index in [4.69, 9.17) is 4.42 Å². The van der Waals surface area contributed by atoms with Crippen LogP contribution in [0.1, 0.15) is 12.8 Å². The van der Waals surface area contributed by atoms with Crippen LogP contribution in [0.25, 0.3) is 11.3 Å². The molecule has 3 rings (SSSR count). The molecule has 1 fully saturated rings. The normalized spacial score (nSPS) is 20.4. The van der Waals surface area contributed by atoms with E-state index in [1.54, 1.807) is 6.20 Å². The first kappa shape index (κ1) is 12.2. The summed E-state index contributed by atoms with van der Waals surface area (Å²) in [6.07, 6.45) is 5.70. The quantitative estimate of drug-likeness (QED) is 0.918. The second-order valence-corrected chi connectivity index (χ2v) is 5.19. The molecule has 4 heteroatoms. The fourth-order valence-corrected chi connectivity index (χ4v) is 2.64. The van der Waals surface area contributed by atoms with Crippen molar-refractivity contribution in [3.8, 4) is 11.3 Å². The third-order valence-corrected chi connectivity index (χ3v) is 3.57. The molecule has 0 spiro atoms. The molecule has 4 nitrogen and oxygen atoms in total. The van der Waals surface area contributed by atoms with Crippen molar-refractivity contribution in [2.75, 3.05) is 25.5 Å². The Hall–Kier alpha value is -1.81. The molecule has 1 aromatic carbocycles. The molecule has 0 saturated carbocycles. The number of hydrogen-bond donors (Lipinski definition) is 1. The molecule has 1 unspecified atom stereocenters. The standard InChI is InChI=1S/C15H19N3O/c1-18-7-3-6-14(10-18)17-13-5-2-4-12(8-13)15-9-16-11-19-15/h2,4-5,8-9,11,14,17H,3,6-7,10H2,1H3. The van der Waals surface area contributed by atoms with E-state index >= 15 is 0 Å². The van der Waals surface area contributed by atoms with Crippen molar-refractivity contribution in [2.24, 2.45) is 0 Å². The molecule has 1 saturated heterocycles. The van der Waals surface area contributed by atoms with Crippen LogP contribution >= 0.6 is 0 Å². The van der Waals surface area contributed by atoms with Crippen LogP contribution in [-0.2, 0) is 0 Å². The fraction of sp³-hybridized carbons (Fsp3) is 0.400. The third kappa shape index (κ3) is 2.96. The van der Waals surface area contributed by atoms with Gasteiger partial charge in [0, 0.05) is 23.8 Å². The van der Waals surface area contributed by atoms with Gasteiger partial charge in [0.15, 0.2) is 12.2 Å². The van der Waals surface area contributed by atoms with Gasteiger partial charge in [0.25, 0.3) is 0 Å². The van der Waals surface area contributed by atoms with Crippen LogP contribution in [0.4, 0.5) is 5.69 Å². The lowest BCUT2D eigenvalue weighted by atomic mass is 10.1. The molecule has 100 valence electrons. The van der Waals surface area contributed by atoms with Crippen molar-refractivity contribution in [3.63, 3.8) is 0 Å². The van der Waals surface area contributed by atoms with Crippen LogP contribution in [0.3, 0.4) is 0 Å². The lowest BCUT2D eigenvalue weighted by Crippen LogP contribution is -2.39. The predicted octanol–water partition coefficient (Wildman–Crippen LogP) is 2.85. The van der Waals surface area contributed by atoms with Crippen molar-refractivity contribution in [1.29, 1.82) is 0 Å². The average Bonchev–Trinajstić information content (AvgIpc) is 2.93. The summed E-state index contributed by atoms with van der Waals surface area (Å²) in [5, 5.41) is 3.61. The van der Waals surface area contributed by atoms with E-state index in [-0.39, 0.29) is 0 Å². The summed E-state index contributed by atoms with van der Waals surface area (Å²) in [5.74, 6) is 0.810. The number of hydrogen-bond acceptors (Lipinski definition) is 4. The molecule has 0 aliphatic carbocycles. The number of oxazole rings is 1. The molecule has 1 aliphatic heterocycles. The fourth-order valence-electron chi connectivity index (χ4n) is 2.64. The Morgan fingerprint density at radius 2 is 2.37 bits per heavy atom. The largest absolute Gasteiger partial charge is 0.444 e. The topological polar surface area (TPSA) is 41.3 Å². The number of anilines is 1. The van der Waals surface area contributed by atoms with Gasteiger partial charge < -0.3 is 14.6 Å². The van der Waals surface area contributed by atoms with E-state index in [2.05, 4.69) is 34.4 Å². The zero-order valence-corrected chi connectivity index (χ0v) is 11.2. The number of piperidine rings is 1. The van der Waals surface area contributed by atoms with E-state index in [1.807, 2.05) is 12.1 Å². The summed E-state index contributed by atoms with van der Waals surface area (Å²) >= 11 is 0. The van der Waals surface area contributed by atoms with Crippen LogP contribution in [0.5, 0.6) is 0 Å². The van der Waals surface area contributed by atoms with Gasteiger partial charge in [-0.3, -0.25) is 0 Å². The number of benzene rings is 1. The molecule has 1 aliphatic rings. The van der Waals surface area contributed by atoms with Gasteiger partial charge in [-0.1, -0.05) is 12.1 Å². The highest BCUT2D eigenvalue weighted by Gasteiger charge is 2.16. The number of rotatable bonds is 3. The van der Waals surface area contributed by atoms with E-state index < -0.39 is 0 Å². The number of likely N-dealkylation sites (N-methyl/N-ethyl adjacent to an activating group) is 1. The molecule has 1 atom stereocenters. The third-order valence-electron chi connectivity index (χ3n) is 3.57. The number of likely N-dealkylation sites (tertiary alicyclic amines) is 1. The molecule has 0 amide bonds. The molecule has 1 aromatic heterocycles. The highest BCUT2D eigenvalue weighted by atomic mass is 16.3. The number of aromatic nitrogens is 1. The minimum atomic E-state index is 0.531. The monoisotopic (exact) mass is 257 g/mol. The van der Waals surface area contributed by atoms with Crippen molar-refractivity contribution in [2.45, 2.75) is 18.9 Å². The Labute approximate surface area is 113 Å². The maximum absolute atomic E-state index is 5.33. The lowest BCUT2D eigenvalue weighted by molar-refractivity contribution is 0.261. The molecule has 2 heterocycles. The first-order valence-electron chi connectivity index (χ1n) is 6.75. The van der Waals surface area contributed by atoms with Crippen LogP contribution < -0.4 is 5.32 Å². The van der Waals surface area contributed by atoms with Crippen molar-refractivity contribution >= 4 is 5.69 Å². The van der Waals surface area contributed by atoms with E-state index in [0.717, 1.165) is 23.6 Å². The Morgan fingerprint density at radius 3 is 3.16 bits per heavy atom. The van der Waals surface area contributed by atoms with Gasteiger partial charge in [0.05, 0.1) is 6.20 Å². The minimum absolute atomic E-state index is 0.531. The number of nitrogens with one attached hydrogen (secondary N) is 1. The van der Waals surface area contributed by atoms with Gasteiger partial charge in [-0.15, -0.1) is 0 Å². The second kappa shape index (κ2) is 5.45. The van der Waals surface area contributed by atoms with Crippen LogP contribution in [0.15, 0.2) is 41.3 Å². The average molecular weight is 257 g/mol. The van der Waals surface area contributed by atoms with Crippen molar-refractivity contribution < 1.29 is 4.42 Å². The van der Waals surface area contributed by atoms with Crippen LogP contribution in [0, 0.1) is 0 Å². The van der Waals surface area contributed by atoms with Gasteiger partial charge in [0.1, 0.15) is 0 Å². The van der Waals surface area contributed by atoms with Gasteiger partial charge in [0.2, 0.25) is 0 Å². The van der Waals surface area contributed by atoms with Gasteiger partial charge in [-0.2, -0.15) is 0 Å². The summed E-state index contributed by atoms with van der Waals surface area (Å²) < 4.78 is 5.33. The number of nitrogens with zero attached hydrogens (tertiary/aromatic N) is 2. The van der Waals surface area contributed by atoms with Gasteiger partial charge >= 0.3 is 0 Å². The Kier molecular flexibility index (Phi) is 3.51. The molecular weight excluding hydrogens is 238 g/mol. The summed E-state index contributed by atoms with van der Waals surface area (Å²) in [6, 6.07) is 8.85. The Bertz CT molecular complexity index is 524. The van der Waals surface area contributed by atoms with Crippen molar-refractivity contribution in [3.05, 3.63) is 36.9 Å². The van der Waals surface area contributed by atoms with E-state index in [0.29, 0.717) is 6.04 Å². The first-order chi connectivity index (χ1) is 9.31. The zero-order chi connectivity index (χ0) is 13.1. The second-order valence-electron chi connectivity index (χ2n) is 5.19. The lowest BCUT2D eigenvalue weighted by Gasteiger charge is -2.31. The molecule has 1 N–H and O–H groups in total.